The molecule has 0 fully saturated rings. The van der Waals surface area contributed by atoms with Gasteiger partial charge in [0.05, 0.1) is 24.1 Å². The fourth-order valence-electron chi connectivity index (χ4n) is 1.72. The molecule has 0 bridgehead atoms. The summed E-state index contributed by atoms with van der Waals surface area (Å²) in [6, 6.07) is 7.49. The van der Waals surface area contributed by atoms with Crippen LogP contribution in [0.1, 0.15) is 17.3 Å². The van der Waals surface area contributed by atoms with Gasteiger partial charge in [0.2, 0.25) is 0 Å². The Morgan fingerprint density at radius 1 is 1.29 bits per heavy atom. The van der Waals surface area contributed by atoms with Gasteiger partial charge in [-0.2, -0.15) is 0 Å². The third-order valence-corrected chi connectivity index (χ3v) is 2.68. The molecule has 0 aliphatic rings. The number of anilines is 1. The molecule has 0 amide bonds. The molecule has 0 atom stereocenters. The maximum Gasteiger partial charge on any atom is 0.163 e. The Labute approximate surface area is 99.4 Å². The van der Waals surface area contributed by atoms with Crippen molar-refractivity contribution in [3.8, 4) is 17.0 Å². The molecular formula is C13H14N2O2. The average molecular weight is 230 g/mol. The number of nitrogens with two attached hydrogens (primary N) is 1. The largest absolute Gasteiger partial charge is 0.497 e. The van der Waals surface area contributed by atoms with Crippen LogP contribution >= 0.6 is 0 Å². The van der Waals surface area contributed by atoms with E-state index < -0.39 is 0 Å². The zero-order valence-electron chi connectivity index (χ0n) is 9.78. The molecule has 0 saturated heterocycles. The molecule has 17 heavy (non-hydrogen) atoms. The summed E-state index contributed by atoms with van der Waals surface area (Å²) in [6.45, 7) is 1.50. The van der Waals surface area contributed by atoms with Gasteiger partial charge in [-0.15, -0.1) is 0 Å². The molecule has 0 aliphatic carbocycles. The smallest absolute Gasteiger partial charge is 0.163 e. The van der Waals surface area contributed by atoms with E-state index in [-0.39, 0.29) is 5.78 Å². The highest BCUT2D eigenvalue weighted by Crippen LogP contribution is 2.29. The minimum Gasteiger partial charge on any atom is -0.497 e. The number of carbonyl (C=O) groups excluding carboxylic acids is 1. The molecule has 0 spiro atoms. The molecule has 2 aromatic rings. The molecule has 88 valence electrons. The van der Waals surface area contributed by atoms with Crippen LogP contribution in [0, 0.1) is 0 Å². The lowest BCUT2D eigenvalue weighted by Crippen LogP contribution is -1.96. The number of benzene rings is 1. The van der Waals surface area contributed by atoms with Crippen molar-refractivity contribution in [2.75, 3.05) is 12.8 Å². The number of hydrogen-bond donors (Lipinski definition) is 2. The Bertz CT molecular complexity index is 541. The molecule has 0 saturated carbocycles. The lowest BCUT2D eigenvalue weighted by molar-refractivity contribution is 0.101. The highest BCUT2D eigenvalue weighted by atomic mass is 16.5. The van der Waals surface area contributed by atoms with Crippen LogP contribution in [0.4, 0.5) is 5.69 Å². The normalized spacial score (nSPS) is 10.2. The lowest BCUT2D eigenvalue weighted by atomic mass is 10.1. The van der Waals surface area contributed by atoms with Gasteiger partial charge < -0.3 is 15.5 Å². The molecule has 1 aromatic carbocycles. The zero-order valence-corrected chi connectivity index (χ0v) is 9.78. The third kappa shape index (κ3) is 2.01. The first-order valence-corrected chi connectivity index (χ1v) is 5.25. The van der Waals surface area contributed by atoms with Crippen LogP contribution in [0.25, 0.3) is 11.3 Å². The van der Waals surface area contributed by atoms with Crippen LogP contribution in [0.2, 0.25) is 0 Å². The molecule has 0 radical (unpaired) electrons. The number of aromatic nitrogens is 1. The number of nitrogen functional groups attached to an aromatic ring is 1. The van der Waals surface area contributed by atoms with Gasteiger partial charge >= 0.3 is 0 Å². The van der Waals surface area contributed by atoms with Gasteiger partial charge in [-0.3, -0.25) is 4.79 Å². The number of nitrogens with one attached hydrogen (secondary N) is 1. The minimum atomic E-state index is -0.0430. The van der Waals surface area contributed by atoms with Crippen molar-refractivity contribution in [1.29, 1.82) is 0 Å². The fraction of sp³-hybridized carbons (Fsp3) is 0.154. The van der Waals surface area contributed by atoms with E-state index in [1.54, 1.807) is 13.3 Å². The monoisotopic (exact) mass is 230 g/mol. The molecule has 4 nitrogen and oxygen atoms in total. The van der Waals surface area contributed by atoms with Crippen molar-refractivity contribution in [3.05, 3.63) is 36.0 Å². The summed E-state index contributed by atoms with van der Waals surface area (Å²) >= 11 is 0. The van der Waals surface area contributed by atoms with Crippen LogP contribution in [0.3, 0.4) is 0 Å². The van der Waals surface area contributed by atoms with Gasteiger partial charge in [0, 0.05) is 11.8 Å². The molecule has 0 aliphatic heterocycles. The van der Waals surface area contributed by atoms with E-state index in [4.69, 9.17) is 10.5 Å². The lowest BCUT2D eigenvalue weighted by Gasteiger charge is -2.03. The number of carbonyl (C=O) groups is 1. The van der Waals surface area contributed by atoms with Crippen molar-refractivity contribution in [3.63, 3.8) is 0 Å². The average Bonchev–Trinajstić information content (AvgIpc) is 2.71. The number of methoxy groups -OCH3 is 1. The van der Waals surface area contributed by atoms with E-state index in [2.05, 4.69) is 4.98 Å². The third-order valence-electron chi connectivity index (χ3n) is 2.68. The van der Waals surface area contributed by atoms with Gasteiger partial charge in [-0.1, -0.05) is 0 Å². The van der Waals surface area contributed by atoms with E-state index in [0.29, 0.717) is 11.3 Å². The molecule has 3 N–H and O–H groups in total. The van der Waals surface area contributed by atoms with E-state index in [1.165, 1.54) is 6.92 Å². The Hall–Kier alpha value is -2.23. The predicted octanol–water partition coefficient (Wildman–Crippen LogP) is 2.48. The molecule has 1 aromatic heterocycles. The van der Waals surface area contributed by atoms with E-state index >= 15 is 0 Å². The van der Waals surface area contributed by atoms with Crippen molar-refractivity contribution in [2.24, 2.45) is 0 Å². The van der Waals surface area contributed by atoms with Gasteiger partial charge in [-0.05, 0) is 31.2 Å². The summed E-state index contributed by atoms with van der Waals surface area (Å²) in [7, 11) is 1.62. The Morgan fingerprint density at radius 2 is 1.94 bits per heavy atom. The molecule has 4 heteroatoms. The summed E-state index contributed by atoms with van der Waals surface area (Å²) in [5.41, 5.74) is 8.62. The van der Waals surface area contributed by atoms with Crippen molar-refractivity contribution >= 4 is 11.5 Å². The molecule has 1 heterocycles. The first-order chi connectivity index (χ1) is 8.13. The van der Waals surface area contributed by atoms with Crippen LogP contribution in [0.5, 0.6) is 5.75 Å². The molecular weight excluding hydrogens is 216 g/mol. The van der Waals surface area contributed by atoms with E-state index in [9.17, 15) is 4.79 Å². The standard InChI is InChI=1S/C13H14N2O2/c1-8(16)11-7-15-13(12(11)14)9-3-5-10(17-2)6-4-9/h3-7,15H,14H2,1-2H3. The minimum absolute atomic E-state index is 0.0430. The summed E-state index contributed by atoms with van der Waals surface area (Å²) in [5, 5.41) is 0. The number of hydrogen-bond acceptors (Lipinski definition) is 3. The summed E-state index contributed by atoms with van der Waals surface area (Å²) in [6.07, 6.45) is 1.64. The zero-order chi connectivity index (χ0) is 12.4. The highest BCUT2D eigenvalue weighted by molar-refractivity contribution is 6.02. The quantitative estimate of drug-likeness (QED) is 0.796. The van der Waals surface area contributed by atoms with Gasteiger partial charge in [-0.25, -0.2) is 0 Å². The highest BCUT2D eigenvalue weighted by Gasteiger charge is 2.12. The van der Waals surface area contributed by atoms with Crippen molar-refractivity contribution in [1.82, 2.24) is 4.98 Å². The fourth-order valence-corrected chi connectivity index (χ4v) is 1.72. The number of ketones is 1. The van der Waals surface area contributed by atoms with Crippen LogP contribution in [-0.4, -0.2) is 17.9 Å². The molecule has 2 rings (SSSR count). The number of Topliss-reactive ketones (excluding diaryl/α,β-unsaturated/α-hetero) is 1. The Morgan fingerprint density at radius 3 is 2.41 bits per heavy atom. The summed E-state index contributed by atoms with van der Waals surface area (Å²) in [5.74, 6) is 0.740. The van der Waals surface area contributed by atoms with Gasteiger partial charge in [0.1, 0.15) is 5.75 Å². The van der Waals surface area contributed by atoms with Crippen molar-refractivity contribution in [2.45, 2.75) is 6.92 Å². The topological polar surface area (TPSA) is 68.1 Å². The second kappa shape index (κ2) is 4.33. The maximum atomic E-state index is 11.3. The SMILES string of the molecule is COc1ccc(-c2[nH]cc(C(C)=O)c2N)cc1. The predicted molar refractivity (Wildman–Crippen MR) is 67.2 cm³/mol. The maximum absolute atomic E-state index is 11.3. The Balaban J connectivity index is 2.42. The van der Waals surface area contributed by atoms with Gasteiger partial charge in [0.15, 0.2) is 5.78 Å². The summed E-state index contributed by atoms with van der Waals surface area (Å²) in [4.78, 5) is 14.3. The summed E-state index contributed by atoms with van der Waals surface area (Å²) < 4.78 is 5.08. The van der Waals surface area contributed by atoms with Crippen LogP contribution in [-0.2, 0) is 0 Å². The number of aromatic amines is 1. The second-order valence-corrected chi connectivity index (χ2v) is 3.78. The number of ether oxygens (including phenoxy) is 1. The van der Waals surface area contributed by atoms with Crippen LogP contribution < -0.4 is 10.5 Å². The van der Waals surface area contributed by atoms with Crippen LogP contribution in [0.15, 0.2) is 30.5 Å². The number of rotatable bonds is 3. The van der Waals surface area contributed by atoms with Crippen molar-refractivity contribution < 1.29 is 9.53 Å². The van der Waals surface area contributed by atoms with E-state index in [1.807, 2.05) is 24.3 Å². The molecule has 0 unspecified atom stereocenters. The van der Waals surface area contributed by atoms with Gasteiger partial charge in [0.25, 0.3) is 0 Å². The Kier molecular flexibility index (Phi) is 2.87. The first kappa shape index (κ1) is 11.3. The first-order valence-electron chi connectivity index (χ1n) is 5.25. The van der Waals surface area contributed by atoms with E-state index in [0.717, 1.165) is 17.0 Å². The second-order valence-electron chi connectivity index (χ2n) is 3.78. The number of H-pyrrole nitrogens is 1.